The van der Waals surface area contributed by atoms with Crippen LogP contribution in [0.15, 0.2) is 24.3 Å². The number of benzene rings is 1. The zero-order valence-electron chi connectivity index (χ0n) is 10.5. The van der Waals surface area contributed by atoms with Gasteiger partial charge in [-0.15, -0.1) is 0 Å². The number of carbonyl (C=O) groups is 1. The van der Waals surface area contributed by atoms with Crippen LogP contribution in [0.2, 0.25) is 0 Å². The summed E-state index contributed by atoms with van der Waals surface area (Å²) in [5.74, 6) is 0.115. The van der Waals surface area contributed by atoms with Crippen LogP contribution >= 0.6 is 0 Å². The van der Waals surface area contributed by atoms with E-state index in [1.165, 1.54) is 5.56 Å². The Balaban J connectivity index is 2.59. The quantitative estimate of drug-likeness (QED) is 0.712. The maximum atomic E-state index is 11.1. The van der Waals surface area contributed by atoms with Crippen LogP contribution in [-0.4, -0.2) is 18.5 Å². The highest BCUT2D eigenvalue weighted by Gasteiger charge is 2.15. The Kier molecular flexibility index (Phi) is 4.25. The van der Waals surface area contributed by atoms with Gasteiger partial charge in [-0.2, -0.15) is 0 Å². The zero-order valence-corrected chi connectivity index (χ0v) is 10.5. The van der Waals surface area contributed by atoms with Gasteiger partial charge < -0.3 is 4.74 Å². The van der Waals surface area contributed by atoms with Crippen LogP contribution in [0.25, 0.3) is 0 Å². The lowest BCUT2D eigenvalue weighted by atomic mass is 9.97. The third-order valence-corrected chi connectivity index (χ3v) is 2.93. The van der Waals surface area contributed by atoms with E-state index in [4.69, 9.17) is 4.74 Å². The molecule has 1 aromatic rings. The number of carbonyl (C=O) groups excluding carboxylic acids is 1. The number of aryl methyl sites for hydroxylation is 1. The fourth-order valence-corrected chi connectivity index (χ4v) is 1.45. The van der Waals surface area contributed by atoms with Crippen molar-refractivity contribution in [2.75, 3.05) is 7.11 Å². The molecule has 0 radical (unpaired) electrons. The number of Topliss-reactive ketones (excluding diaryl/α,β-unsaturated/α-hetero) is 1. The molecule has 0 fully saturated rings. The van der Waals surface area contributed by atoms with E-state index in [1.807, 2.05) is 24.3 Å². The Morgan fingerprint density at radius 1 is 1.25 bits per heavy atom. The minimum absolute atomic E-state index is 0.0841. The molecule has 0 atom stereocenters. The van der Waals surface area contributed by atoms with Gasteiger partial charge >= 0.3 is 0 Å². The van der Waals surface area contributed by atoms with Crippen molar-refractivity contribution in [3.63, 3.8) is 0 Å². The first kappa shape index (κ1) is 12.9. The summed E-state index contributed by atoms with van der Waals surface area (Å²) in [4.78, 5) is 11.1. The molecule has 2 heteroatoms. The highest BCUT2D eigenvalue weighted by molar-refractivity contribution is 5.93. The number of ether oxygens (including phenoxy) is 1. The summed E-state index contributed by atoms with van der Waals surface area (Å²) < 4.78 is 5.37. The second-order valence-corrected chi connectivity index (χ2v) is 4.72. The van der Waals surface area contributed by atoms with Crippen molar-refractivity contribution >= 4 is 5.78 Å². The molecule has 0 heterocycles. The molecule has 0 aliphatic carbocycles. The third kappa shape index (κ3) is 3.78. The maximum Gasteiger partial charge on any atom is 0.159 e. The summed E-state index contributed by atoms with van der Waals surface area (Å²) in [6, 6.07) is 7.81. The summed E-state index contributed by atoms with van der Waals surface area (Å²) in [6.45, 7) is 5.75. The van der Waals surface area contributed by atoms with E-state index in [0.29, 0.717) is 0 Å². The van der Waals surface area contributed by atoms with Gasteiger partial charge in [-0.1, -0.05) is 24.3 Å². The molecule has 16 heavy (non-hydrogen) atoms. The monoisotopic (exact) mass is 220 g/mol. The summed E-state index contributed by atoms with van der Waals surface area (Å²) in [5, 5.41) is 0. The normalized spacial score (nSPS) is 11.5. The molecule has 0 saturated heterocycles. The molecule has 2 nitrogen and oxygen atoms in total. The van der Waals surface area contributed by atoms with E-state index in [9.17, 15) is 4.79 Å². The van der Waals surface area contributed by atoms with Crippen molar-refractivity contribution in [1.82, 2.24) is 0 Å². The van der Waals surface area contributed by atoms with Gasteiger partial charge in [0.2, 0.25) is 0 Å². The second kappa shape index (κ2) is 5.26. The average molecular weight is 220 g/mol. The lowest BCUT2D eigenvalue weighted by molar-refractivity contribution is 0.0158. The standard InChI is InChI=1S/C14H20O2/c1-11(15)13-7-5-12(6-8-13)9-10-14(2,3)16-4/h5-8H,9-10H2,1-4H3. The molecule has 0 N–H and O–H groups in total. The maximum absolute atomic E-state index is 11.1. The Morgan fingerprint density at radius 3 is 2.25 bits per heavy atom. The van der Waals surface area contributed by atoms with Crippen LogP contribution in [0, 0.1) is 0 Å². The number of methoxy groups -OCH3 is 1. The summed E-state index contributed by atoms with van der Waals surface area (Å²) in [7, 11) is 1.73. The largest absolute Gasteiger partial charge is 0.379 e. The van der Waals surface area contributed by atoms with E-state index in [1.54, 1.807) is 14.0 Å². The molecule has 0 spiro atoms. The number of rotatable bonds is 5. The van der Waals surface area contributed by atoms with Crippen LogP contribution in [-0.2, 0) is 11.2 Å². The Morgan fingerprint density at radius 2 is 1.81 bits per heavy atom. The van der Waals surface area contributed by atoms with Crippen LogP contribution in [0.4, 0.5) is 0 Å². The first-order chi connectivity index (χ1) is 7.44. The van der Waals surface area contributed by atoms with Gasteiger partial charge in [-0.25, -0.2) is 0 Å². The van der Waals surface area contributed by atoms with Crippen LogP contribution < -0.4 is 0 Å². The predicted molar refractivity (Wildman–Crippen MR) is 65.9 cm³/mol. The zero-order chi connectivity index (χ0) is 12.2. The van der Waals surface area contributed by atoms with Crippen molar-refractivity contribution in [3.05, 3.63) is 35.4 Å². The number of hydrogen-bond acceptors (Lipinski definition) is 2. The average Bonchev–Trinajstić information content (AvgIpc) is 2.27. The molecule has 88 valence electrons. The molecular weight excluding hydrogens is 200 g/mol. The predicted octanol–water partition coefficient (Wildman–Crippen LogP) is 3.25. The molecule has 0 saturated carbocycles. The molecule has 0 unspecified atom stereocenters. The van der Waals surface area contributed by atoms with Crippen molar-refractivity contribution in [3.8, 4) is 0 Å². The Hall–Kier alpha value is -1.15. The van der Waals surface area contributed by atoms with Gasteiger partial charge in [0.25, 0.3) is 0 Å². The van der Waals surface area contributed by atoms with Gasteiger partial charge in [-0.05, 0) is 39.2 Å². The lowest BCUT2D eigenvalue weighted by Crippen LogP contribution is -2.22. The molecule has 1 rings (SSSR count). The van der Waals surface area contributed by atoms with Gasteiger partial charge in [0, 0.05) is 12.7 Å². The molecule has 0 aliphatic rings. The van der Waals surface area contributed by atoms with Crippen molar-refractivity contribution in [2.24, 2.45) is 0 Å². The molecule has 1 aromatic carbocycles. The molecule has 0 aliphatic heterocycles. The highest BCUT2D eigenvalue weighted by Crippen LogP contribution is 2.17. The first-order valence-electron chi connectivity index (χ1n) is 5.59. The van der Waals surface area contributed by atoms with Crippen molar-refractivity contribution < 1.29 is 9.53 Å². The van der Waals surface area contributed by atoms with Gasteiger partial charge in [-0.3, -0.25) is 4.79 Å². The summed E-state index contributed by atoms with van der Waals surface area (Å²) >= 11 is 0. The minimum atomic E-state index is -0.0841. The third-order valence-electron chi connectivity index (χ3n) is 2.93. The van der Waals surface area contributed by atoms with E-state index in [0.717, 1.165) is 18.4 Å². The number of ketones is 1. The Labute approximate surface area is 97.6 Å². The molecule has 0 aromatic heterocycles. The van der Waals surface area contributed by atoms with E-state index in [2.05, 4.69) is 13.8 Å². The summed E-state index contributed by atoms with van der Waals surface area (Å²) in [6.07, 6.45) is 1.95. The fraction of sp³-hybridized carbons (Fsp3) is 0.500. The van der Waals surface area contributed by atoms with Gasteiger partial charge in [0.1, 0.15) is 0 Å². The molecule has 0 amide bonds. The first-order valence-corrected chi connectivity index (χ1v) is 5.59. The second-order valence-electron chi connectivity index (χ2n) is 4.72. The van der Waals surface area contributed by atoms with Crippen molar-refractivity contribution in [2.45, 2.75) is 39.2 Å². The smallest absolute Gasteiger partial charge is 0.159 e. The lowest BCUT2D eigenvalue weighted by Gasteiger charge is -2.22. The van der Waals surface area contributed by atoms with Crippen molar-refractivity contribution in [1.29, 1.82) is 0 Å². The fourth-order valence-electron chi connectivity index (χ4n) is 1.45. The summed E-state index contributed by atoms with van der Waals surface area (Å²) in [5.41, 5.74) is 1.93. The highest BCUT2D eigenvalue weighted by atomic mass is 16.5. The van der Waals surface area contributed by atoms with Gasteiger partial charge in [0.05, 0.1) is 5.60 Å². The van der Waals surface area contributed by atoms with E-state index in [-0.39, 0.29) is 11.4 Å². The van der Waals surface area contributed by atoms with Gasteiger partial charge in [0.15, 0.2) is 5.78 Å². The molecular formula is C14H20O2. The number of hydrogen-bond donors (Lipinski definition) is 0. The minimum Gasteiger partial charge on any atom is -0.379 e. The van der Waals surface area contributed by atoms with E-state index >= 15 is 0 Å². The van der Waals surface area contributed by atoms with Crippen LogP contribution in [0.3, 0.4) is 0 Å². The van der Waals surface area contributed by atoms with E-state index < -0.39 is 0 Å². The SMILES string of the molecule is COC(C)(C)CCc1ccc(C(C)=O)cc1. The molecule has 0 bridgehead atoms. The topological polar surface area (TPSA) is 26.3 Å². The Bertz CT molecular complexity index is 350. The van der Waals surface area contributed by atoms with Crippen LogP contribution in [0.5, 0.6) is 0 Å². The van der Waals surface area contributed by atoms with Crippen LogP contribution in [0.1, 0.15) is 43.1 Å².